The van der Waals surface area contributed by atoms with Crippen LogP contribution in [-0.2, 0) is 4.74 Å². The summed E-state index contributed by atoms with van der Waals surface area (Å²) in [4.78, 5) is 2.41. The topological polar surface area (TPSA) is 12.5 Å². The zero-order valence-corrected chi connectivity index (χ0v) is 13.3. The summed E-state index contributed by atoms with van der Waals surface area (Å²) in [5.41, 5.74) is -0.305. The van der Waals surface area contributed by atoms with Gasteiger partial charge in [0, 0.05) is 36.9 Å². The summed E-state index contributed by atoms with van der Waals surface area (Å²) in [5.74, 6) is -2.38. The highest BCUT2D eigenvalue weighted by atomic mass is 19.3. The smallest absolute Gasteiger partial charge is 0.254 e. The maximum Gasteiger partial charge on any atom is 0.254 e. The number of alkyl halides is 2. The molecule has 3 rings (SSSR count). The van der Waals surface area contributed by atoms with Gasteiger partial charge in [0.1, 0.15) is 0 Å². The Bertz CT molecular complexity index is 343. The SMILES string of the molecule is CC.COCC1(CN2CCC3(CC2C)CC3(F)F)CC1. The summed E-state index contributed by atoms with van der Waals surface area (Å²) in [5, 5.41) is 0. The van der Waals surface area contributed by atoms with E-state index in [1.807, 2.05) is 13.8 Å². The van der Waals surface area contributed by atoms with Crippen molar-refractivity contribution in [2.24, 2.45) is 10.8 Å². The van der Waals surface area contributed by atoms with E-state index >= 15 is 0 Å². The number of ether oxygens (including phenoxy) is 1. The van der Waals surface area contributed by atoms with Gasteiger partial charge in [-0.1, -0.05) is 13.8 Å². The zero-order valence-electron chi connectivity index (χ0n) is 13.3. The van der Waals surface area contributed by atoms with Gasteiger partial charge < -0.3 is 4.74 Å². The van der Waals surface area contributed by atoms with E-state index in [0.717, 1.165) is 19.7 Å². The van der Waals surface area contributed by atoms with Gasteiger partial charge in [-0.3, -0.25) is 4.90 Å². The fourth-order valence-corrected chi connectivity index (χ4v) is 3.74. The Kier molecular flexibility index (Phi) is 4.46. The quantitative estimate of drug-likeness (QED) is 0.777. The first-order chi connectivity index (χ1) is 9.42. The van der Waals surface area contributed by atoms with Crippen LogP contribution < -0.4 is 0 Å². The molecular formula is C16H29F2NO. The third-order valence-electron chi connectivity index (χ3n) is 5.34. The Hall–Kier alpha value is -0.220. The van der Waals surface area contributed by atoms with Gasteiger partial charge in [0.05, 0.1) is 6.61 Å². The van der Waals surface area contributed by atoms with Crippen LogP contribution >= 0.6 is 0 Å². The van der Waals surface area contributed by atoms with Gasteiger partial charge in [-0.2, -0.15) is 0 Å². The average Bonchev–Trinajstić information content (AvgIpc) is 3.26. The van der Waals surface area contributed by atoms with Crippen molar-refractivity contribution in [1.82, 2.24) is 4.90 Å². The lowest BCUT2D eigenvalue weighted by Crippen LogP contribution is -2.46. The first-order valence-corrected chi connectivity index (χ1v) is 8.03. The van der Waals surface area contributed by atoms with Crippen molar-refractivity contribution in [3.63, 3.8) is 0 Å². The molecule has 4 heteroatoms. The van der Waals surface area contributed by atoms with E-state index in [4.69, 9.17) is 4.74 Å². The highest BCUT2D eigenvalue weighted by Crippen LogP contribution is 2.67. The monoisotopic (exact) mass is 289 g/mol. The molecule has 0 amide bonds. The molecule has 2 atom stereocenters. The maximum atomic E-state index is 13.4. The number of likely N-dealkylation sites (tertiary alicyclic amines) is 1. The molecule has 2 aliphatic carbocycles. The molecule has 1 saturated heterocycles. The second-order valence-electron chi connectivity index (χ2n) is 6.87. The molecule has 0 aromatic rings. The van der Waals surface area contributed by atoms with E-state index in [0.29, 0.717) is 24.3 Å². The maximum absolute atomic E-state index is 13.4. The number of rotatable bonds is 4. The van der Waals surface area contributed by atoms with Crippen molar-refractivity contribution in [3.05, 3.63) is 0 Å². The largest absolute Gasteiger partial charge is 0.384 e. The molecule has 0 aromatic heterocycles. The minimum atomic E-state index is -2.38. The van der Waals surface area contributed by atoms with Gasteiger partial charge in [0.15, 0.2) is 0 Å². The first kappa shape index (κ1) is 16.2. The van der Waals surface area contributed by atoms with Crippen LogP contribution in [0.3, 0.4) is 0 Å². The molecule has 118 valence electrons. The third-order valence-corrected chi connectivity index (χ3v) is 5.34. The fourth-order valence-electron chi connectivity index (χ4n) is 3.74. The molecule has 1 aliphatic heterocycles. The molecule has 0 N–H and O–H groups in total. The van der Waals surface area contributed by atoms with Crippen molar-refractivity contribution in [2.75, 3.05) is 26.8 Å². The standard InChI is InChI=1S/C14H23F2NO.C2H6/c1-11-7-13(8-14(13,15)16)5-6-17(11)9-12(3-4-12)10-18-2;1-2/h11H,3-10H2,1-2H3;1-2H3. The number of nitrogens with zero attached hydrogens (tertiary/aromatic N) is 1. The van der Waals surface area contributed by atoms with Crippen LogP contribution in [0.5, 0.6) is 0 Å². The van der Waals surface area contributed by atoms with Crippen LogP contribution in [0, 0.1) is 10.8 Å². The highest BCUT2D eigenvalue weighted by Gasteiger charge is 2.71. The van der Waals surface area contributed by atoms with Crippen LogP contribution in [0.4, 0.5) is 8.78 Å². The number of halogens is 2. The zero-order chi connectivity index (χ0) is 15.0. The van der Waals surface area contributed by atoms with E-state index in [2.05, 4.69) is 11.8 Å². The number of methoxy groups -OCH3 is 1. The summed E-state index contributed by atoms with van der Waals surface area (Å²) in [6, 6.07) is 0.293. The van der Waals surface area contributed by atoms with Gasteiger partial charge >= 0.3 is 0 Å². The summed E-state index contributed by atoms with van der Waals surface area (Å²) < 4.78 is 32.1. The van der Waals surface area contributed by atoms with Gasteiger partial charge in [-0.15, -0.1) is 0 Å². The van der Waals surface area contributed by atoms with Gasteiger partial charge in [-0.05, 0) is 39.2 Å². The second kappa shape index (κ2) is 5.53. The van der Waals surface area contributed by atoms with Crippen molar-refractivity contribution in [1.29, 1.82) is 0 Å². The molecule has 0 bridgehead atoms. The lowest BCUT2D eigenvalue weighted by Gasteiger charge is -2.40. The molecular weight excluding hydrogens is 260 g/mol. The van der Waals surface area contributed by atoms with Crippen molar-refractivity contribution < 1.29 is 13.5 Å². The van der Waals surface area contributed by atoms with Crippen LogP contribution in [-0.4, -0.2) is 43.7 Å². The average molecular weight is 289 g/mol. The van der Waals surface area contributed by atoms with E-state index in [1.165, 1.54) is 12.8 Å². The van der Waals surface area contributed by atoms with E-state index in [1.54, 1.807) is 7.11 Å². The second-order valence-corrected chi connectivity index (χ2v) is 6.87. The molecule has 0 radical (unpaired) electrons. The summed E-state index contributed by atoms with van der Waals surface area (Å²) in [6.07, 6.45) is 3.93. The molecule has 2 unspecified atom stereocenters. The summed E-state index contributed by atoms with van der Waals surface area (Å²) in [6.45, 7) is 8.79. The lowest BCUT2D eigenvalue weighted by molar-refractivity contribution is 0.00200. The number of hydrogen-bond acceptors (Lipinski definition) is 2. The normalized spacial score (nSPS) is 37.2. The van der Waals surface area contributed by atoms with Crippen molar-refractivity contribution in [3.8, 4) is 0 Å². The van der Waals surface area contributed by atoms with Crippen LogP contribution in [0.2, 0.25) is 0 Å². The van der Waals surface area contributed by atoms with Crippen LogP contribution in [0.1, 0.15) is 52.9 Å². The molecule has 2 nitrogen and oxygen atoms in total. The summed E-state index contributed by atoms with van der Waals surface area (Å²) in [7, 11) is 1.75. The first-order valence-electron chi connectivity index (χ1n) is 8.03. The molecule has 2 saturated carbocycles. The van der Waals surface area contributed by atoms with E-state index < -0.39 is 11.3 Å². The Morgan fingerprint density at radius 2 is 1.80 bits per heavy atom. The minimum Gasteiger partial charge on any atom is -0.384 e. The summed E-state index contributed by atoms with van der Waals surface area (Å²) >= 11 is 0. The Balaban J connectivity index is 0.000000704. The highest BCUT2D eigenvalue weighted by molar-refractivity contribution is 5.13. The minimum absolute atomic E-state index is 0.126. The lowest BCUT2D eigenvalue weighted by atomic mass is 9.87. The molecule has 1 spiro atoms. The predicted octanol–water partition coefficient (Wildman–Crippen LogP) is 3.95. The Morgan fingerprint density at radius 3 is 2.20 bits per heavy atom. The van der Waals surface area contributed by atoms with Crippen molar-refractivity contribution in [2.45, 2.75) is 64.8 Å². The molecule has 1 heterocycles. The molecule has 3 fully saturated rings. The molecule has 20 heavy (non-hydrogen) atoms. The fraction of sp³-hybridized carbons (Fsp3) is 1.00. The third kappa shape index (κ3) is 2.87. The van der Waals surface area contributed by atoms with E-state index in [-0.39, 0.29) is 6.42 Å². The van der Waals surface area contributed by atoms with Gasteiger partial charge in [0.25, 0.3) is 5.92 Å². The van der Waals surface area contributed by atoms with Gasteiger partial charge in [0.2, 0.25) is 0 Å². The Morgan fingerprint density at radius 1 is 1.20 bits per heavy atom. The van der Waals surface area contributed by atoms with E-state index in [9.17, 15) is 8.78 Å². The van der Waals surface area contributed by atoms with Crippen molar-refractivity contribution >= 4 is 0 Å². The Labute approximate surface area is 121 Å². The number of piperidine rings is 1. The number of hydrogen-bond donors (Lipinski definition) is 0. The van der Waals surface area contributed by atoms with Crippen LogP contribution in [0.25, 0.3) is 0 Å². The van der Waals surface area contributed by atoms with Gasteiger partial charge in [-0.25, -0.2) is 8.78 Å². The van der Waals surface area contributed by atoms with Crippen LogP contribution in [0.15, 0.2) is 0 Å². The predicted molar refractivity (Wildman–Crippen MR) is 77.2 cm³/mol. The molecule has 0 aromatic carbocycles. The molecule has 3 aliphatic rings.